The predicted molar refractivity (Wildman–Crippen MR) is 99.6 cm³/mol. The van der Waals surface area contributed by atoms with E-state index in [1.54, 1.807) is 13.3 Å². The van der Waals surface area contributed by atoms with E-state index in [4.69, 9.17) is 24.4 Å². The number of nitrogens with zero attached hydrogens (tertiary/aromatic N) is 3. The monoisotopic (exact) mass is 370 g/mol. The number of aromatic amines is 1. The van der Waals surface area contributed by atoms with Crippen molar-refractivity contribution in [3.8, 4) is 28.5 Å². The molecule has 8 nitrogen and oxygen atoms in total. The third-order valence-corrected chi connectivity index (χ3v) is 4.46. The number of hydrogen-bond acceptors (Lipinski definition) is 5. The smallest absolute Gasteiger partial charge is 0.290 e. The van der Waals surface area contributed by atoms with Gasteiger partial charge in [0.1, 0.15) is 11.4 Å². The van der Waals surface area contributed by atoms with Crippen LogP contribution in [0.4, 0.5) is 0 Å². The van der Waals surface area contributed by atoms with E-state index in [1.807, 2.05) is 36.8 Å². The van der Waals surface area contributed by atoms with E-state index in [0.717, 1.165) is 54.6 Å². The Balaban J connectivity index is 0.000000659. The third-order valence-electron chi connectivity index (χ3n) is 4.46. The van der Waals surface area contributed by atoms with Crippen molar-refractivity contribution in [2.24, 2.45) is 0 Å². The summed E-state index contributed by atoms with van der Waals surface area (Å²) in [7, 11) is 1.67. The zero-order valence-electron chi connectivity index (χ0n) is 15.0. The van der Waals surface area contributed by atoms with Crippen LogP contribution in [0.2, 0.25) is 0 Å². The number of ether oxygens (including phenoxy) is 2. The molecule has 0 unspecified atom stereocenters. The zero-order chi connectivity index (χ0) is 19.1. The maximum Gasteiger partial charge on any atom is 0.290 e. The second-order valence-corrected chi connectivity index (χ2v) is 5.96. The molecule has 1 aliphatic heterocycles. The fourth-order valence-electron chi connectivity index (χ4n) is 3.19. The standard InChI is InChI=1S/C18H20N4O2.CH2O2/c1-23-15-4-2-13(3-5-15)16-17(18-19-8-9-20-18)22(12-21-16)14-6-10-24-11-7-14;2-1-3/h2-5,8-9,12,14H,6-7,10-11H2,1H3,(H,19,20);1H,(H,2,3). The molecule has 0 atom stereocenters. The van der Waals surface area contributed by atoms with Crippen LogP contribution >= 0.6 is 0 Å². The number of hydrogen-bond donors (Lipinski definition) is 2. The summed E-state index contributed by atoms with van der Waals surface area (Å²) in [5, 5.41) is 6.89. The van der Waals surface area contributed by atoms with E-state index in [9.17, 15) is 0 Å². The highest BCUT2D eigenvalue weighted by atomic mass is 16.5. The number of carboxylic acid groups (broad SMARTS) is 1. The topological polar surface area (TPSA) is 102 Å². The first-order valence-electron chi connectivity index (χ1n) is 8.65. The average Bonchev–Trinajstić information content (AvgIpc) is 3.39. The van der Waals surface area contributed by atoms with E-state index in [2.05, 4.69) is 14.5 Å². The predicted octanol–water partition coefficient (Wildman–Crippen LogP) is 3.00. The molecule has 2 N–H and O–H groups in total. The molecule has 0 saturated carbocycles. The molecule has 142 valence electrons. The van der Waals surface area contributed by atoms with Crippen molar-refractivity contribution in [3.63, 3.8) is 0 Å². The second kappa shape index (κ2) is 9.00. The van der Waals surface area contributed by atoms with Gasteiger partial charge in [-0.05, 0) is 37.1 Å². The van der Waals surface area contributed by atoms with Crippen molar-refractivity contribution in [1.82, 2.24) is 19.5 Å². The maximum absolute atomic E-state index is 8.36. The lowest BCUT2D eigenvalue weighted by Crippen LogP contribution is -2.19. The van der Waals surface area contributed by atoms with Crippen molar-refractivity contribution in [2.45, 2.75) is 18.9 Å². The number of benzene rings is 1. The molecule has 27 heavy (non-hydrogen) atoms. The highest BCUT2D eigenvalue weighted by Gasteiger charge is 2.23. The minimum absolute atomic E-state index is 0.250. The summed E-state index contributed by atoms with van der Waals surface area (Å²) >= 11 is 0. The van der Waals surface area contributed by atoms with E-state index >= 15 is 0 Å². The molecule has 8 heteroatoms. The van der Waals surface area contributed by atoms with E-state index in [1.165, 1.54) is 0 Å². The van der Waals surface area contributed by atoms with Gasteiger partial charge in [0.15, 0.2) is 5.82 Å². The molecule has 1 aromatic carbocycles. The van der Waals surface area contributed by atoms with Crippen molar-refractivity contribution in [3.05, 3.63) is 43.0 Å². The Morgan fingerprint density at radius 3 is 2.56 bits per heavy atom. The lowest BCUT2D eigenvalue weighted by Gasteiger charge is -2.24. The van der Waals surface area contributed by atoms with Crippen LogP contribution in [0.15, 0.2) is 43.0 Å². The van der Waals surface area contributed by atoms with Crippen molar-refractivity contribution < 1.29 is 19.4 Å². The number of methoxy groups -OCH3 is 1. The molecule has 3 heterocycles. The van der Waals surface area contributed by atoms with E-state index < -0.39 is 0 Å². The van der Waals surface area contributed by atoms with Crippen LogP contribution in [0, 0.1) is 0 Å². The zero-order valence-corrected chi connectivity index (χ0v) is 15.0. The lowest BCUT2D eigenvalue weighted by molar-refractivity contribution is -0.122. The van der Waals surface area contributed by atoms with Crippen LogP contribution in [0.1, 0.15) is 18.9 Å². The molecule has 3 aromatic rings. The molecule has 4 rings (SSSR count). The van der Waals surface area contributed by atoms with Crippen LogP contribution in [0.3, 0.4) is 0 Å². The summed E-state index contributed by atoms with van der Waals surface area (Å²) in [6.07, 6.45) is 7.52. The molecule has 0 radical (unpaired) electrons. The van der Waals surface area contributed by atoms with Gasteiger partial charge in [0, 0.05) is 37.2 Å². The quantitative estimate of drug-likeness (QED) is 0.685. The fraction of sp³-hybridized carbons (Fsp3) is 0.316. The van der Waals surface area contributed by atoms with Gasteiger partial charge >= 0.3 is 0 Å². The van der Waals surface area contributed by atoms with Gasteiger partial charge in [-0.2, -0.15) is 0 Å². The Bertz CT molecular complexity index is 837. The number of aromatic nitrogens is 4. The average molecular weight is 370 g/mol. The Hall–Kier alpha value is -3.13. The Labute approximate surface area is 156 Å². The minimum Gasteiger partial charge on any atom is -0.497 e. The SMILES string of the molecule is COc1ccc(-c2ncn(C3CCOCC3)c2-c2ncc[nH]2)cc1.O=CO. The number of imidazole rings is 2. The van der Waals surface area contributed by atoms with Gasteiger partial charge in [0.05, 0.1) is 19.1 Å². The third kappa shape index (κ3) is 4.17. The summed E-state index contributed by atoms with van der Waals surface area (Å²) < 4.78 is 13.0. The van der Waals surface area contributed by atoms with Crippen LogP contribution in [-0.2, 0) is 9.53 Å². The highest BCUT2D eigenvalue weighted by molar-refractivity contribution is 5.75. The van der Waals surface area contributed by atoms with Gasteiger partial charge < -0.3 is 24.1 Å². The number of rotatable bonds is 4. The normalized spacial score (nSPS) is 14.3. The summed E-state index contributed by atoms with van der Waals surface area (Å²) in [4.78, 5) is 20.7. The van der Waals surface area contributed by atoms with Gasteiger partial charge in [-0.1, -0.05) is 0 Å². The molecule has 0 aliphatic carbocycles. The molecular formula is C19H22N4O4. The Morgan fingerprint density at radius 2 is 1.96 bits per heavy atom. The number of H-pyrrole nitrogens is 1. The summed E-state index contributed by atoms with van der Waals surface area (Å²) in [6.45, 7) is 1.33. The van der Waals surface area contributed by atoms with E-state index in [0.29, 0.717) is 6.04 Å². The van der Waals surface area contributed by atoms with Crippen molar-refractivity contribution in [1.29, 1.82) is 0 Å². The fourth-order valence-corrected chi connectivity index (χ4v) is 3.19. The molecule has 1 fully saturated rings. The number of nitrogens with one attached hydrogen (secondary N) is 1. The first kappa shape index (κ1) is 18.7. The maximum atomic E-state index is 8.36. The van der Waals surface area contributed by atoms with E-state index in [-0.39, 0.29) is 6.47 Å². The van der Waals surface area contributed by atoms with Crippen LogP contribution in [-0.4, -0.2) is 51.4 Å². The van der Waals surface area contributed by atoms with Gasteiger partial charge in [-0.25, -0.2) is 9.97 Å². The molecule has 1 saturated heterocycles. The molecule has 0 bridgehead atoms. The molecule has 0 spiro atoms. The van der Waals surface area contributed by atoms with Crippen molar-refractivity contribution >= 4 is 6.47 Å². The molecule has 2 aromatic heterocycles. The first-order chi connectivity index (χ1) is 13.3. The first-order valence-corrected chi connectivity index (χ1v) is 8.65. The summed E-state index contributed by atoms with van der Waals surface area (Å²) in [5.74, 6) is 1.67. The minimum atomic E-state index is -0.250. The largest absolute Gasteiger partial charge is 0.497 e. The molecule has 0 amide bonds. The lowest BCUT2D eigenvalue weighted by atomic mass is 10.1. The molecule has 1 aliphatic rings. The van der Waals surface area contributed by atoms with Crippen LogP contribution in [0.25, 0.3) is 22.8 Å². The molecular weight excluding hydrogens is 348 g/mol. The second-order valence-electron chi connectivity index (χ2n) is 5.96. The summed E-state index contributed by atoms with van der Waals surface area (Å²) in [5.41, 5.74) is 3.00. The highest BCUT2D eigenvalue weighted by Crippen LogP contribution is 2.34. The van der Waals surface area contributed by atoms with Gasteiger partial charge in [-0.15, -0.1) is 0 Å². The number of carbonyl (C=O) groups is 1. The Kier molecular flexibility index (Phi) is 6.22. The van der Waals surface area contributed by atoms with Gasteiger partial charge in [0.2, 0.25) is 0 Å². The van der Waals surface area contributed by atoms with Crippen molar-refractivity contribution in [2.75, 3.05) is 20.3 Å². The van der Waals surface area contributed by atoms with Gasteiger partial charge in [0.25, 0.3) is 6.47 Å². The summed E-state index contributed by atoms with van der Waals surface area (Å²) in [6, 6.07) is 8.35. The van der Waals surface area contributed by atoms with Crippen LogP contribution < -0.4 is 4.74 Å². The van der Waals surface area contributed by atoms with Crippen LogP contribution in [0.5, 0.6) is 5.75 Å². The Morgan fingerprint density at radius 1 is 1.26 bits per heavy atom. The van der Waals surface area contributed by atoms with Gasteiger partial charge in [-0.3, -0.25) is 4.79 Å².